The Morgan fingerprint density at radius 3 is 2.76 bits per heavy atom. The molecule has 0 unspecified atom stereocenters. The molecule has 2 heterocycles. The minimum Gasteiger partial charge on any atom is -0.480 e. The lowest BCUT2D eigenvalue weighted by molar-refractivity contribution is -0.137. The number of carboxylic acids is 1. The Balaban J connectivity index is 1.71. The maximum atomic E-state index is 12.5. The molecule has 3 rings (SSSR count). The molecule has 0 aliphatic carbocycles. The summed E-state index contributed by atoms with van der Waals surface area (Å²) in [6.07, 6.45) is 4.23. The molecule has 1 amide bonds. The Hall–Kier alpha value is -2.96. The molecule has 7 nitrogen and oxygen atoms in total. The van der Waals surface area contributed by atoms with Gasteiger partial charge in [0.05, 0.1) is 6.20 Å². The molecule has 0 spiro atoms. The van der Waals surface area contributed by atoms with Crippen LogP contribution in [0.2, 0.25) is 0 Å². The van der Waals surface area contributed by atoms with E-state index >= 15 is 0 Å². The Kier molecular flexibility index (Phi) is 4.65. The Bertz CT molecular complexity index is 854. The molecule has 0 saturated heterocycles. The van der Waals surface area contributed by atoms with Crippen molar-refractivity contribution in [3.63, 3.8) is 0 Å². The number of hydrogen-bond acceptors (Lipinski definition) is 4. The van der Waals surface area contributed by atoms with E-state index in [2.05, 4.69) is 48.4 Å². The van der Waals surface area contributed by atoms with E-state index < -0.39 is 5.97 Å². The molecule has 0 atom stereocenters. The van der Waals surface area contributed by atoms with Crippen molar-refractivity contribution in [2.75, 3.05) is 13.1 Å². The molecule has 0 radical (unpaired) electrons. The number of carboxylic acid groups (broad SMARTS) is 1. The molecule has 0 fully saturated rings. The fourth-order valence-electron chi connectivity index (χ4n) is 2.97. The zero-order valence-electron chi connectivity index (χ0n) is 14.3. The number of amides is 1. The summed E-state index contributed by atoms with van der Waals surface area (Å²) in [5, 5.41) is 16.2. The number of benzene rings is 1. The second-order valence-corrected chi connectivity index (χ2v) is 6.17. The first-order chi connectivity index (χ1) is 12.0. The van der Waals surface area contributed by atoms with Gasteiger partial charge in [0.1, 0.15) is 6.54 Å². The highest BCUT2D eigenvalue weighted by molar-refractivity contribution is 5.92. The van der Waals surface area contributed by atoms with Gasteiger partial charge in [0.2, 0.25) is 0 Å². The van der Waals surface area contributed by atoms with Gasteiger partial charge in [0.25, 0.3) is 5.91 Å². The first kappa shape index (κ1) is 16.9. The molecule has 1 aromatic carbocycles. The quantitative estimate of drug-likeness (QED) is 0.918. The van der Waals surface area contributed by atoms with Gasteiger partial charge in [0.15, 0.2) is 5.69 Å². The van der Waals surface area contributed by atoms with E-state index in [1.807, 2.05) is 0 Å². The number of aromatic nitrogens is 3. The molecular weight excluding hydrogens is 320 g/mol. The first-order valence-corrected chi connectivity index (χ1v) is 8.12. The van der Waals surface area contributed by atoms with E-state index in [1.54, 1.807) is 4.90 Å². The summed E-state index contributed by atoms with van der Waals surface area (Å²) in [6, 6.07) is 6.26. The summed E-state index contributed by atoms with van der Waals surface area (Å²) in [4.78, 5) is 24.9. The molecular formula is C18H20N4O3. The molecule has 2 aromatic rings. The van der Waals surface area contributed by atoms with Crippen LogP contribution in [-0.4, -0.2) is 50.0 Å². The van der Waals surface area contributed by atoms with Crippen molar-refractivity contribution in [2.24, 2.45) is 0 Å². The maximum Gasteiger partial charge on any atom is 0.325 e. The summed E-state index contributed by atoms with van der Waals surface area (Å²) in [5.41, 5.74) is 5.18. The predicted octanol–water partition coefficient (Wildman–Crippen LogP) is 1.91. The van der Waals surface area contributed by atoms with Gasteiger partial charge in [-0.2, -0.15) is 0 Å². The van der Waals surface area contributed by atoms with Crippen molar-refractivity contribution in [3.05, 3.63) is 52.9 Å². The normalized spacial score (nSPS) is 14.3. The van der Waals surface area contributed by atoms with Crippen LogP contribution in [0.5, 0.6) is 0 Å². The van der Waals surface area contributed by atoms with Gasteiger partial charge in [0, 0.05) is 13.1 Å². The monoisotopic (exact) mass is 340 g/mol. The van der Waals surface area contributed by atoms with Gasteiger partial charge >= 0.3 is 5.97 Å². The third-order valence-electron chi connectivity index (χ3n) is 4.50. The van der Waals surface area contributed by atoms with E-state index in [0.29, 0.717) is 13.1 Å². The summed E-state index contributed by atoms with van der Waals surface area (Å²) in [5.74, 6) is -1.25. The molecule has 130 valence electrons. The molecule has 0 bridgehead atoms. The van der Waals surface area contributed by atoms with Gasteiger partial charge in [-0.05, 0) is 42.5 Å². The van der Waals surface area contributed by atoms with Crippen LogP contribution in [0.3, 0.4) is 0 Å². The van der Waals surface area contributed by atoms with Crippen LogP contribution in [-0.2, 0) is 11.3 Å². The van der Waals surface area contributed by atoms with Gasteiger partial charge < -0.3 is 10.0 Å². The van der Waals surface area contributed by atoms with Crippen LogP contribution in [0.25, 0.3) is 5.57 Å². The Labute approximate surface area is 145 Å². The van der Waals surface area contributed by atoms with Crippen LogP contribution in [0.1, 0.15) is 33.6 Å². The van der Waals surface area contributed by atoms with Crippen molar-refractivity contribution in [1.82, 2.24) is 19.9 Å². The zero-order chi connectivity index (χ0) is 18.0. The molecule has 1 aromatic heterocycles. The van der Waals surface area contributed by atoms with Gasteiger partial charge in [-0.25, -0.2) is 4.68 Å². The minimum atomic E-state index is -1.03. The van der Waals surface area contributed by atoms with Crippen LogP contribution in [0, 0.1) is 13.8 Å². The van der Waals surface area contributed by atoms with E-state index in [1.165, 1.54) is 28.5 Å². The van der Waals surface area contributed by atoms with Gasteiger partial charge in [-0.15, -0.1) is 5.10 Å². The zero-order valence-corrected chi connectivity index (χ0v) is 14.3. The standard InChI is InChI=1S/C18H20N4O3/c1-12-4-3-5-15(13(12)2)14-6-8-21(9-7-14)18(25)16-10-22(20-19-16)11-17(23)24/h3-6,10H,7-9,11H2,1-2H3,(H,23,24). The summed E-state index contributed by atoms with van der Waals surface area (Å²) < 4.78 is 1.15. The predicted molar refractivity (Wildman–Crippen MR) is 92.1 cm³/mol. The number of nitrogens with zero attached hydrogens (tertiary/aromatic N) is 4. The van der Waals surface area contributed by atoms with Crippen LogP contribution >= 0.6 is 0 Å². The summed E-state index contributed by atoms with van der Waals surface area (Å²) in [7, 11) is 0. The number of rotatable bonds is 4. The van der Waals surface area contributed by atoms with E-state index in [0.717, 1.165) is 11.1 Å². The highest BCUT2D eigenvalue weighted by Crippen LogP contribution is 2.27. The van der Waals surface area contributed by atoms with Crippen LogP contribution < -0.4 is 0 Å². The van der Waals surface area contributed by atoms with Crippen LogP contribution in [0.15, 0.2) is 30.5 Å². The van der Waals surface area contributed by atoms with E-state index in [-0.39, 0.29) is 18.1 Å². The fraction of sp³-hybridized carbons (Fsp3) is 0.333. The average Bonchev–Trinajstić information content (AvgIpc) is 3.04. The second kappa shape index (κ2) is 6.88. The third-order valence-corrected chi connectivity index (χ3v) is 4.50. The highest BCUT2D eigenvalue weighted by Gasteiger charge is 2.22. The van der Waals surface area contributed by atoms with Crippen molar-refractivity contribution in [1.29, 1.82) is 0 Å². The number of carbonyl (C=O) groups is 2. The maximum absolute atomic E-state index is 12.5. The molecule has 25 heavy (non-hydrogen) atoms. The minimum absolute atomic E-state index is 0.171. The SMILES string of the molecule is Cc1cccc(C2=CCN(C(=O)c3cn(CC(=O)O)nn3)CC2)c1C. The number of aryl methyl sites for hydroxylation is 1. The largest absolute Gasteiger partial charge is 0.480 e. The lowest BCUT2D eigenvalue weighted by Crippen LogP contribution is -2.35. The lowest BCUT2D eigenvalue weighted by Gasteiger charge is -2.26. The fourth-order valence-corrected chi connectivity index (χ4v) is 2.97. The lowest BCUT2D eigenvalue weighted by atomic mass is 9.93. The number of hydrogen-bond donors (Lipinski definition) is 1. The Morgan fingerprint density at radius 2 is 2.08 bits per heavy atom. The van der Waals surface area contributed by atoms with Crippen molar-refractivity contribution in [2.45, 2.75) is 26.8 Å². The molecule has 1 aliphatic heterocycles. The topological polar surface area (TPSA) is 88.3 Å². The van der Waals surface area contributed by atoms with Crippen LogP contribution in [0.4, 0.5) is 0 Å². The molecule has 7 heteroatoms. The number of carbonyl (C=O) groups excluding carboxylic acids is 1. The third kappa shape index (κ3) is 3.60. The van der Waals surface area contributed by atoms with E-state index in [9.17, 15) is 9.59 Å². The van der Waals surface area contributed by atoms with Crippen molar-refractivity contribution >= 4 is 17.4 Å². The van der Waals surface area contributed by atoms with Crippen molar-refractivity contribution in [3.8, 4) is 0 Å². The summed E-state index contributed by atoms with van der Waals surface area (Å²) in [6.45, 7) is 5.01. The van der Waals surface area contributed by atoms with Gasteiger partial charge in [-0.3, -0.25) is 9.59 Å². The smallest absolute Gasteiger partial charge is 0.325 e. The molecule has 1 N–H and O–H groups in total. The number of aliphatic carboxylic acids is 1. The Morgan fingerprint density at radius 1 is 1.28 bits per heavy atom. The van der Waals surface area contributed by atoms with Gasteiger partial charge in [-0.1, -0.05) is 29.5 Å². The first-order valence-electron chi connectivity index (χ1n) is 8.12. The molecule has 1 aliphatic rings. The van der Waals surface area contributed by atoms with Crippen molar-refractivity contribution < 1.29 is 14.7 Å². The van der Waals surface area contributed by atoms with E-state index in [4.69, 9.17) is 5.11 Å². The average molecular weight is 340 g/mol. The summed E-state index contributed by atoms with van der Waals surface area (Å²) >= 11 is 0. The second-order valence-electron chi connectivity index (χ2n) is 6.17. The highest BCUT2D eigenvalue weighted by atomic mass is 16.4. The molecule has 0 saturated carbocycles.